The van der Waals surface area contributed by atoms with Gasteiger partial charge in [0.2, 0.25) is 0 Å². The fourth-order valence-corrected chi connectivity index (χ4v) is 1.93. The Morgan fingerprint density at radius 1 is 1.00 bits per heavy atom. The zero-order valence-corrected chi connectivity index (χ0v) is 8.23. The SMILES string of the molecule is CC1(Cl)CCCCC1(Cl)Cl. The molecule has 0 bridgehead atoms. The van der Waals surface area contributed by atoms with Crippen molar-refractivity contribution in [1.82, 2.24) is 0 Å². The predicted octanol–water partition coefficient (Wildman–Crippen LogP) is 3.73. The first-order valence-corrected chi connectivity index (χ1v) is 4.66. The van der Waals surface area contributed by atoms with E-state index in [1.165, 1.54) is 0 Å². The third kappa shape index (κ3) is 1.54. The average Bonchev–Trinajstić information content (AvgIpc) is 1.77. The minimum atomic E-state index is -0.715. The molecule has 0 spiro atoms. The number of rotatable bonds is 0. The van der Waals surface area contributed by atoms with E-state index in [1.807, 2.05) is 6.92 Å². The van der Waals surface area contributed by atoms with E-state index < -0.39 is 9.21 Å². The van der Waals surface area contributed by atoms with Gasteiger partial charge < -0.3 is 0 Å². The summed E-state index contributed by atoms with van der Waals surface area (Å²) in [4.78, 5) is -0.422. The van der Waals surface area contributed by atoms with Crippen molar-refractivity contribution in [3.05, 3.63) is 0 Å². The zero-order valence-electron chi connectivity index (χ0n) is 5.96. The number of halogens is 3. The minimum Gasteiger partial charge on any atom is -0.116 e. The van der Waals surface area contributed by atoms with Gasteiger partial charge in [-0.25, -0.2) is 0 Å². The molecule has 0 N–H and O–H groups in total. The molecule has 1 fully saturated rings. The molecule has 0 amide bonds. The lowest BCUT2D eigenvalue weighted by Gasteiger charge is -2.38. The molecule has 0 aromatic heterocycles. The Hall–Kier alpha value is 0.870. The van der Waals surface area contributed by atoms with Crippen molar-refractivity contribution in [3.8, 4) is 0 Å². The van der Waals surface area contributed by atoms with Crippen LogP contribution in [-0.2, 0) is 0 Å². The first-order chi connectivity index (χ1) is 4.46. The molecule has 3 heteroatoms. The van der Waals surface area contributed by atoms with Gasteiger partial charge in [0, 0.05) is 0 Å². The topological polar surface area (TPSA) is 0 Å². The molecule has 1 rings (SSSR count). The maximum atomic E-state index is 6.10. The van der Waals surface area contributed by atoms with E-state index in [9.17, 15) is 0 Å². The molecule has 10 heavy (non-hydrogen) atoms. The summed E-state index contributed by atoms with van der Waals surface area (Å²) in [6, 6.07) is 0. The summed E-state index contributed by atoms with van der Waals surface area (Å²) < 4.78 is -0.715. The molecule has 1 unspecified atom stereocenters. The Bertz CT molecular complexity index is 113. The third-order valence-electron chi connectivity index (χ3n) is 2.15. The molecular formula is C7H11Cl3. The molecule has 0 heterocycles. The van der Waals surface area contributed by atoms with E-state index >= 15 is 0 Å². The van der Waals surface area contributed by atoms with E-state index in [2.05, 4.69) is 0 Å². The second-order valence-electron chi connectivity index (χ2n) is 3.11. The van der Waals surface area contributed by atoms with Crippen LogP contribution in [0.25, 0.3) is 0 Å². The largest absolute Gasteiger partial charge is 0.137 e. The molecule has 1 atom stereocenters. The summed E-state index contributed by atoms with van der Waals surface area (Å²) in [5.41, 5.74) is 0. The van der Waals surface area contributed by atoms with Crippen molar-refractivity contribution >= 4 is 34.8 Å². The summed E-state index contributed by atoms with van der Waals surface area (Å²) in [7, 11) is 0. The van der Waals surface area contributed by atoms with Crippen molar-refractivity contribution in [3.63, 3.8) is 0 Å². The average molecular weight is 202 g/mol. The monoisotopic (exact) mass is 200 g/mol. The summed E-state index contributed by atoms with van der Waals surface area (Å²) in [6.07, 6.45) is 3.97. The van der Waals surface area contributed by atoms with Gasteiger partial charge in [-0.2, -0.15) is 0 Å². The van der Waals surface area contributed by atoms with Crippen LogP contribution in [0.2, 0.25) is 0 Å². The molecule has 0 aliphatic heterocycles. The van der Waals surface area contributed by atoms with E-state index in [-0.39, 0.29) is 0 Å². The van der Waals surface area contributed by atoms with Gasteiger partial charge in [-0.1, -0.05) is 36.0 Å². The predicted molar refractivity (Wildman–Crippen MR) is 47.2 cm³/mol. The highest BCUT2D eigenvalue weighted by atomic mass is 35.5. The normalized spacial score (nSPS) is 39.6. The van der Waals surface area contributed by atoms with E-state index in [4.69, 9.17) is 34.8 Å². The Morgan fingerprint density at radius 3 is 1.80 bits per heavy atom. The minimum absolute atomic E-state index is 0.422. The standard InChI is InChI=1S/C7H11Cl3/c1-6(8)4-2-3-5-7(6,9)10/h2-5H2,1H3. The number of alkyl halides is 3. The molecule has 0 saturated heterocycles. The Morgan fingerprint density at radius 2 is 1.50 bits per heavy atom. The van der Waals surface area contributed by atoms with Crippen molar-refractivity contribution in [2.45, 2.75) is 41.8 Å². The summed E-state index contributed by atoms with van der Waals surface area (Å²) >= 11 is 18.1. The zero-order chi connectivity index (χ0) is 7.83. The van der Waals surface area contributed by atoms with Crippen LogP contribution >= 0.6 is 34.8 Å². The molecule has 0 radical (unpaired) electrons. The number of hydrogen-bond donors (Lipinski definition) is 0. The van der Waals surface area contributed by atoms with E-state index in [1.54, 1.807) is 0 Å². The smallest absolute Gasteiger partial charge is 0.116 e. The summed E-state index contributed by atoms with van der Waals surface area (Å²) in [6.45, 7) is 1.91. The van der Waals surface area contributed by atoms with Crippen LogP contribution in [0.5, 0.6) is 0 Å². The molecule has 1 saturated carbocycles. The molecule has 0 aromatic carbocycles. The molecule has 1 aliphatic rings. The molecule has 1 aliphatic carbocycles. The van der Waals surface area contributed by atoms with Crippen LogP contribution in [0.15, 0.2) is 0 Å². The van der Waals surface area contributed by atoms with Crippen LogP contribution in [0.4, 0.5) is 0 Å². The fourth-order valence-electron chi connectivity index (χ4n) is 1.25. The molecular weight excluding hydrogens is 190 g/mol. The molecule has 60 valence electrons. The van der Waals surface area contributed by atoms with Crippen LogP contribution in [0.3, 0.4) is 0 Å². The lowest BCUT2D eigenvalue weighted by molar-refractivity contribution is 0.390. The van der Waals surface area contributed by atoms with Gasteiger partial charge in [0.15, 0.2) is 0 Å². The van der Waals surface area contributed by atoms with Crippen molar-refractivity contribution in [1.29, 1.82) is 0 Å². The Balaban J connectivity index is 2.70. The van der Waals surface area contributed by atoms with Gasteiger partial charge >= 0.3 is 0 Å². The van der Waals surface area contributed by atoms with Crippen LogP contribution in [-0.4, -0.2) is 9.21 Å². The maximum absolute atomic E-state index is 6.10. The van der Waals surface area contributed by atoms with Gasteiger partial charge in [-0.05, 0) is 19.8 Å². The van der Waals surface area contributed by atoms with Gasteiger partial charge in [-0.3, -0.25) is 0 Å². The summed E-state index contributed by atoms with van der Waals surface area (Å²) in [5, 5.41) is 0. The highest BCUT2D eigenvalue weighted by molar-refractivity contribution is 6.53. The second kappa shape index (κ2) is 2.73. The summed E-state index contributed by atoms with van der Waals surface area (Å²) in [5.74, 6) is 0. The van der Waals surface area contributed by atoms with E-state index in [0.29, 0.717) is 0 Å². The van der Waals surface area contributed by atoms with Crippen molar-refractivity contribution < 1.29 is 0 Å². The van der Waals surface area contributed by atoms with Gasteiger partial charge in [0.05, 0.1) is 4.87 Å². The first-order valence-electron chi connectivity index (χ1n) is 3.52. The third-order valence-corrected chi connectivity index (χ3v) is 4.07. The maximum Gasteiger partial charge on any atom is 0.137 e. The second-order valence-corrected chi connectivity index (χ2v) is 5.43. The van der Waals surface area contributed by atoms with Crippen molar-refractivity contribution in [2.75, 3.05) is 0 Å². The molecule has 0 aromatic rings. The Labute approximate surface area is 76.8 Å². The number of hydrogen-bond acceptors (Lipinski definition) is 0. The van der Waals surface area contributed by atoms with Crippen LogP contribution < -0.4 is 0 Å². The highest BCUT2D eigenvalue weighted by Gasteiger charge is 2.45. The van der Waals surface area contributed by atoms with Crippen LogP contribution in [0, 0.1) is 0 Å². The lowest BCUT2D eigenvalue weighted by atomic mass is 9.89. The van der Waals surface area contributed by atoms with E-state index in [0.717, 1.165) is 25.7 Å². The highest BCUT2D eigenvalue weighted by Crippen LogP contribution is 2.49. The van der Waals surface area contributed by atoms with Crippen molar-refractivity contribution in [2.24, 2.45) is 0 Å². The fraction of sp³-hybridized carbons (Fsp3) is 1.00. The lowest BCUT2D eigenvalue weighted by Crippen LogP contribution is -2.41. The molecule has 0 nitrogen and oxygen atoms in total. The van der Waals surface area contributed by atoms with Gasteiger partial charge in [-0.15, -0.1) is 11.6 Å². The van der Waals surface area contributed by atoms with Gasteiger partial charge in [0.25, 0.3) is 0 Å². The van der Waals surface area contributed by atoms with Crippen LogP contribution in [0.1, 0.15) is 32.6 Å². The first kappa shape index (κ1) is 8.96. The van der Waals surface area contributed by atoms with Gasteiger partial charge in [0.1, 0.15) is 4.33 Å². The quantitative estimate of drug-likeness (QED) is 0.524. The Kier molecular flexibility index (Phi) is 2.45.